The van der Waals surface area contributed by atoms with Gasteiger partial charge in [-0.3, -0.25) is 9.59 Å². The highest BCUT2D eigenvalue weighted by atomic mass is 35.5. The molecule has 0 spiro atoms. The van der Waals surface area contributed by atoms with E-state index in [1.165, 1.54) is 4.90 Å². The van der Waals surface area contributed by atoms with Crippen LogP contribution in [0.1, 0.15) is 53.6 Å². The second-order valence-corrected chi connectivity index (χ2v) is 8.62. The molecule has 1 atom stereocenters. The van der Waals surface area contributed by atoms with E-state index in [0.29, 0.717) is 28.1 Å². The molecule has 0 radical (unpaired) electrons. The summed E-state index contributed by atoms with van der Waals surface area (Å²) in [6, 6.07) is 12.5. The molecule has 0 bridgehead atoms. The topological polar surface area (TPSA) is 55.0 Å². The molecule has 0 unspecified atom stereocenters. The van der Waals surface area contributed by atoms with E-state index in [0.717, 1.165) is 37.2 Å². The Balaban J connectivity index is 1.80. The van der Waals surface area contributed by atoms with Crippen molar-refractivity contribution in [2.75, 3.05) is 26.2 Å². The van der Waals surface area contributed by atoms with E-state index < -0.39 is 6.04 Å². The lowest BCUT2D eigenvalue weighted by Crippen LogP contribution is -3.11. The van der Waals surface area contributed by atoms with Gasteiger partial charge in [0.2, 0.25) is 5.76 Å². The Labute approximate surface area is 187 Å². The fourth-order valence-corrected chi connectivity index (χ4v) is 4.59. The number of amides is 1. The van der Waals surface area contributed by atoms with E-state index in [9.17, 15) is 9.59 Å². The number of rotatable bonds is 7. The highest BCUT2D eigenvalue weighted by molar-refractivity contribution is 6.31. The van der Waals surface area contributed by atoms with Gasteiger partial charge in [0.1, 0.15) is 5.58 Å². The van der Waals surface area contributed by atoms with E-state index in [-0.39, 0.29) is 17.1 Å². The van der Waals surface area contributed by atoms with Gasteiger partial charge in [-0.15, -0.1) is 0 Å². The predicted molar refractivity (Wildman–Crippen MR) is 123 cm³/mol. The van der Waals surface area contributed by atoms with Crippen LogP contribution in [0.2, 0.25) is 5.02 Å². The van der Waals surface area contributed by atoms with Gasteiger partial charge >= 0.3 is 0 Å². The van der Waals surface area contributed by atoms with Crippen molar-refractivity contribution >= 4 is 28.5 Å². The van der Waals surface area contributed by atoms with Crippen LogP contribution in [0.4, 0.5) is 0 Å². The molecule has 0 fully saturated rings. The number of nitrogens with zero attached hydrogens (tertiary/aromatic N) is 1. The van der Waals surface area contributed by atoms with Crippen LogP contribution in [0.5, 0.6) is 0 Å². The second kappa shape index (κ2) is 8.85. The maximum absolute atomic E-state index is 13.5. The van der Waals surface area contributed by atoms with Crippen molar-refractivity contribution in [3.8, 4) is 0 Å². The molecule has 1 N–H and O–H groups in total. The number of hydrogen-bond donors (Lipinski definition) is 1. The molecule has 0 saturated heterocycles. The van der Waals surface area contributed by atoms with Gasteiger partial charge in [-0.1, -0.05) is 41.4 Å². The molecule has 0 aliphatic carbocycles. The number of halogens is 1. The van der Waals surface area contributed by atoms with Crippen molar-refractivity contribution in [3.63, 3.8) is 0 Å². The molecule has 0 saturated carbocycles. The van der Waals surface area contributed by atoms with Crippen molar-refractivity contribution in [1.82, 2.24) is 4.90 Å². The summed E-state index contributed by atoms with van der Waals surface area (Å²) in [5.74, 6) is -0.0651. The van der Waals surface area contributed by atoms with Crippen molar-refractivity contribution in [1.29, 1.82) is 0 Å². The van der Waals surface area contributed by atoms with E-state index in [1.54, 1.807) is 23.1 Å². The summed E-state index contributed by atoms with van der Waals surface area (Å²) in [7, 11) is 0. The van der Waals surface area contributed by atoms with Gasteiger partial charge < -0.3 is 14.2 Å². The lowest BCUT2D eigenvalue weighted by atomic mass is 9.97. The van der Waals surface area contributed by atoms with Gasteiger partial charge in [-0.25, -0.2) is 0 Å². The minimum atomic E-state index is -0.450. The molecule has 1 aliphatic heterocycles. The van der Waals surface area contributed by atoms with Crippen LogP contribution < -0.4 is 10.3 Å². The van der Waals surface area contributed by atoms with E-state index >= 15 is 0 Å². The first-order valence-corrected chi connectivity index (χ1v) is 11.3. The zero-order chi connectivity index (χ0) is 22.1. The molecule has 1 aromatic heterocycles. The van der Waals surface area contributed by atoms with Crippen molar-refractivity contribution < 1.29 is 14.1 Å². The fraction of sp³-hybridized carbons (Fsp3) is 0.360. The predicted octanol–water partition coefficient (Wildman–Crippen LogP) is 3.61. The SMILES string of the molecule is CC[NH+](CC)CCCN1C(=O)c2oc3ccc(Cl)cc3c(=O)c2[C@@H]1c1ccc(C)cc1. The number of quaternary nitrogens is 1. The first-order valence-electron chi connectivity index (χ1n) is 10.9. The molecule has 2 aromatic carbocycles. The third-order valence-corrected chi connectivity index (χ3v) is 6.49. The summed E-state index contributed by atoms with van der Waals surface area (Å²) in [5.41, 5.74) is 2.66. The molecule has 162 valence electrons. The molecular formula is C25H28ClN2O3+. The minimum Gasteiger partial charge on any atom is -0.450 e. The highest BCUT2D eigenvalue weighted by Gasteiger charge is 2.42. The number of fused-ring (bicyclic) bond motifs is 2. The Hall–Kier alpha value is -2.63. The lowest BCUT2D eigenvalue weighted by molar-refractivity contribution is -0.896. The monoisotopic (exact) mass is 439 g/mol. The Morgan fingerprint density at radius 3 is 2.45 bits per heavy atom. The summed E-state index contributed by atoms with van der Waals surface area (Å²) in [4.78, 5) is 30.2. The van der Waals surface area contributed by atoms with Gasteiger partial charge in [0, 0.05) is 18.0 Å². The number of carbonyl (C=O) groups is 1. The molecular weight excluding hydrogens is 412 g/mol. The molecule has 2 heterocycles. The maximum Gasteiger partial charge on any atom is 0.290 e. The van der Waals surface area contributed by atoms with Crippen LogP contribution >= 0.6 is 11.6 Å². The average molecular weight is 440 g/mol. The molecule has 1 amide bonds. The zero-order valence-electron chi connectivity index (χ0n) is 18.2. The van der Waals surface area contributed by atoms with Crippen molar-refractivity contribution in [3.05, 3.63) is 80.2 Å². The first-order chi connectivity index (χ1) is 14.9. The number of hydrogen-bond acceptors (Lipinski definition) is 3. The molecule has 31 heavy (non-hydrogen) atoms. The van der Waals surface area contributed by atoms with Gasteiger partial charge in [0.25, 0.3) is 5.91 Å². The van der Waals surface area contributed by atoms with E-state index in [1.807, 2.05) is 31.2 Å². The number of aryl methyl sites for hydroxylation is 1. The molecule has 6 heteroatoms. The normalized spacial score (nSPS) is 15.8. The Bertz CT molecular complexity index is 1170. The lowest BCUT2D eigenvalue weighted by Gasteiger charge is -2.26. The smallest absolute Gasteiger partial charge is 0.290 e. The summed E-state index contributed by atoms with van der Waals surface area (Å²) >= 11 is 6.14. The third-order valence-electron chi connectivity index (χ3n) is 6.25. The van der Waals surface area contributed by atoms with Crippen LogP contribution in [-0.2, 0) is 0 Å². The average Bonchev–Trinajstić information content (AvgIpc) is 3.04. The van der Waals surface area contributed by atoms with Crippen LogP contribution in [0.3, 0.4) is 0 Å². The zero-order valence-corrected chi connectivity index (χ0v) is 19.0. The third kappa shape index (κ3) is 4.00. The van der Waals surface area contributed by atoms with Crippen molar-refractivity contribution in [2.45, 2.75) is 33.2 Å². The summed E-state index contributed by atoms with van der Waals surface area (Å²) in [6.45, 7) is 10.0. The molecule has 1 aliphatic rings. The van der Waals surface area contributed by atoms with Gasteiger partial charge in [0.05, 0.1) is 36.6 Å². The number of benzene rings is 2. The number of nitrogens with one attached hydrogen (secondary N) is 1. The largest absolute Gasteiger partial charge is 0.450 e. The Kier molecular flexibility index (Phi) is 6.17. The minimum absolute atomic E-state index is 0.153. The van der Waals surface area contributed by atoms with Gasteiger partial charge in [0.15, 0.2) is 5.43 Å². The summed E-state index contributed by atoms with van der Waals surface area (Å²) < 4.78 is 5.97. The van der Waals surface area contributed by atoms with Crippen molar-refractivity contribution in [2.24, 2.45) is 0 Å². The second-order valence-electron chi connectivity index (χ2n) is 8.19. The van der Waals surface area contributed by atoms with Crippen LogP contribution in [0.15, 0.2) is 51.7 Å². The summed E-state index contributed by atoms with van der Waals surface area (Å²) in [5, 5.41) is 0.876. The van der Waals surface area contributed by atoms with Gasteiger partial charge in [-0.05, 0) is 44.5 Å². The quantitative estimate of drug-likeness (QED) is 0.611. The first kappa shape index (κ1) is 21.6. The molecule has 5 nitrogen and oxygen atoms in total. The highest BCUT2D eigenvalue weighted by Crippen LogP contribution is 2.38. The maximum atomic E-state index is 13.5. The summed E-state index contributed by atoms with van der Waals surface area (Å²) in [6.07, 6.45) is 0.860. The van der Waals surface area contributed by atoms with Gasteiger partial charge in [-0.2, -0.15) is 0 Å². The van der Waals surface area contributed by atoms with Crippen LogP contribution in [0, 0.1) is 6.92 Å². The standard InChI is InChI=1S/C25H27ClN2O3/c1-4-27(5-2)13-6-14-28-22(17-9-7-16(3)8-10-17)21-23(29)19-15-18(26)11-12-20(19)31-24(21)25(28)30/h7-12,15,22H,4-6,13-14H2,1-3H3/p+1/t22-/m0/s1. The van der Waals surface area contributed by atoms with E-state index in [2.05, 4.69) is 13.8 Å². The van der Waals surface area contributed by atoms with E-state index in [4.69, 9.17) is 16.0 Å². The molecule has 4 rings (SSSR count). The number of carbonyl (C=O) groups excluding carboxylic acids is 1. The Morgan fingerprint density at radius 1 is 1.06 bits per heavy atom. The molecule has 3 aromatic rings. The van der Waals surface area contributed by atoms with Crippen LogP contribution in [0.25, 0.3) is 11.0 Å². The fourth-order valence-electron chi connectivity index (χ4n) is 4.42. The Morgan fingerprint density at radius 2 is 1.77 bits per heavy atom. The van der Waals surface area contributed by atoms with Crippen LogP contribution in [-0.4, -0.2) is 37.0 Å².